The first-order valence-corrected chi connectivity index (χ1v) is 4.63. The van der Waals surface area contributed by atoms with Gasteiger partial charge in [0.15, 0.2) is 0 Å². The Morgan fingerprint density at radius 3 is 2.70 bits per heavy atom. The Morgan fingerprint density at radius 2 is 2.50 bits per heavy atom. The molecule has 0 aromatic carbocycles. The van der Waals surface area contributed by atoms with E-state index in [1.54, 1.807) is 0 Å². The molecule has 6 heteroatoms. The maximum Gasteiger partial charge on any atom is 0.0926 e. The zero-order valence-corrected chi connectivity index (χ0v) is 6.28. The van der Waals surface area contributed by atoms with Crippen molar-refractivity contribution in [3.8, 4) is 0 Å². The number of rotatable bonds is 1. The van der Waals surface area contributed by atoms with Crippen LogP contribution in [0.1, 0.15) is 0 Å². The Labute approximate surface area is 58.5 Å². The molecule has 0 aromatic heterocycles. The first kappa shape index (κ1) is 7.55. The fourth-order valence-electron chi connectivity index (χ4n) is 0.530. The molecule has 0 aromatic rings. The molecule has 0 radical (unpaired) electrons. The second kappa shape index (κ2) is 1.96. The van der Waals surface area contributed by atoms with Crippen LogP contribution in [-0.2, 0) is 13.6 Å². The van der Waals surface area contributed by atoms with Gasteiger partial charge in [0.1, 0.15) is 0 Å². The first-order valence-electron chi connectivity index (χ1n) is 2.51. The Balaban J connectivity index is 3.26. The summed E-state index contributed by atoms with van der Waals surface area (Å²) in [4.78, 5) is 3.69. The minimum absolute atomic E-state index is 1.32. The molecule has 1 heterocycles. The third kappa shape index (κ3) is 0.907. The molecule has 0 spiro atoms. The zero-order valence-electron chi connectivity index (χ0n) is 5.47. The van der Waals surface area contributed by atoms with Gasteiger partial charge in [0.05, 0.1) is 12.7 Å². The van der Waals surface area contributed by atoms with Crippen LogP contribution in [0.15, 0.2) is 21.1 Å². The predicted octanol–water partition coefficient (Wildman–Crippen LogP) is 0.197. The van der Waals surface area contributed by atoms with Gasteiger partial charge in [-0.25, -0.2) is 0 Å². The van der Waals surface area contributed by atoms with E-state index in [0.717, 1.165) is 0 Å². The van der Waals surface area contributed by atoms with E-state index in [1.165, 1.54) is 24.3 Å². The van der Waals surface area contributed by atoms with Crippen molar-refractivity contribution in [3.63, 3.8) is 0 Å². The predicted molar refractivity (Wildman–Crippen MR) is 40.4 cm³/mol. The summed E-state index contributed by atoms with van der Waals surface area (Å²) in [6, 6.07) is 0. The van der Waals surface area contributed by atoms with Crippen molar-refractivity contribution in [3.05, 3.63) is 11.6 Å². The maximum absolute atomic E-state index is 8.56. The van der Waals surface area contributed by atoms with E-state index < -0.39 is 9.42 Å². The molecular formula is C4H9N3O2S. The lowest BCUT2D eigenvalue weighted by Gasteiger charge is -2.30. The van der Waals surface area contributed by atoms with E-state index in [4.69, 9.17) is 14.5 Å². The van der Waals surface area contributed by atoms with Gasteiger partial charge in [-0.3, -0.25) is 15.3 Å². The Hall–Kier alpha value is -0.560. The van der Waals surface area contributed by atoms with Crippen LogP contribution in [-0.4, -0.2) is 17.9 Å². The molecule has 5 nitrogen and oxygen atoms in total. The van der Waals surface area contributed by atoms with Crippen molar-refractivity contribution in [2.75, 3.05) is 7.11 Å². The highest BCUT2D eigenvalue weighted by Gasteiger charge is 2.26. The largest absolute Gasteiger partial charge is 0.308 e. The van der Waals surface area contributed by atoms with Crippen LogP contribution in [0.25, 0.3) is 0 Å². The maximum atomic E-state index is 8.56. The number of nitrogens with two attached hydrogens (primary N) is 1. The van der Waals surface area contributed by atoms with Gasteiger partial charge < -0.3 is 4.18 Å². The molecule has 1 aliphatic heterocycles. The van der Waals surface area contributed by atoms with E-state index >= 15 is 0 Å². The summed E-state index contributed by atoms with van der Waals surface area (Å²) in [5.74, 6) is 0. The van der Waals surface area contributed by atoms with Gasteiger partial charge in [0.2, 0.25) is 0 Å². The normalized spacial score (nSPS) is 29.3. The van der Waals surface area contributed by atoms with Crippen molar-refractivity contribution in [1.29, 1.82) is 0 Å². The van der Waals surface area contributed by atoms with Gasteiger partial charge in [0, 0.05) is 21.0 Å². The van der Waals surface area contributed by atoms with Crippen LogP contribution in [0.4, 0.5) is 0 Å². The quantitative estimate of drug-likeness (QED) is 0.542. The molecule has 0 saturated heterocycles. The fourth-order valence-corrected chi connectivity index (χ4v) is 1.59. The van der Waals surface area contributed by atoms with E-state index in [2.05, 4.69) is 9.52 Å². The minimum atomic E-state index is -3.09. The Kier molecular flexibility index (Phi) is 1.48. The molecule has 3 N–H and O–H groups in total. The first-order chi connectivity index (χ1) is 4.63. The van der Waals surface area contributed by atoms with Crippen molar-refractivity contribution in [1.82, 2.24) is 0 Å². The van der Waals surface area contributed by atoms with Gasteiger partial charge in [-0.1, -0.05) is 4.53 Å². The molecule has 0 fully saturated rings. The zero-order chi connectivity index (χ0) is 7.69. The third-order valence-corrected chi connectivity index (χ3v) is 3.52. The fraction of sp³-hybridized carbons (Fsp3) is 0.250. The van der Waals surface area contributed by atoms with Crippen LogP contribution >= 0.6 is 0 Å². The smallest absolute Gasteiger partial charge is 0.0926 e. The summed E-state index contributed by atoms with van der Waals surface area (Å²) >= 11 is 0. The van der Waals surface area contributed by atoms with Gasteiger partial charge in [-0.05, 0) is 0 Å². The number of hydrogen-bond donors (Lipinski definition) is 2. The van der Waals surface area contributed by atoms with Gasteiger partial charge in [-0.2, -0.15) is 0 Å². The van der Waals surface area contributed by atoms with Crippen LogP contribution in [0, 0.1) is 0 Å². The molecule has 1 rings (SSSR count). The van der Waals surface area contributed by atoms with Gasteiger partial charge in [0.25, 0.3) is 0 Å². The summed E-state index contributed by atoms with van der Waals surface area (Å²) in [7, 11) is -1.72. The monoisotopic (exact) mass is 163 g/mol. The van der Waals surface area contributed by atoms with Crippen LogP contribution in [0.3, 0.4) is 0 Å². The summed E-state index contributed by atoms with van der Waals surface area (Å²) in [5, 5.41) is 15.6. The van der Waals surface area contributed by atoms with Crippen LogP contribution < -0.4 is 5.14 Å². The lowest BCUT2D eigenvalue weighted by molar-refractivity contribution is 0.314. The molecular weight excluding hydrogens is 154 g/mol. The summed E-state index contributed by atoms with van der Waals surface area (Å²) in [6.45, 7) is 0. The molecule has 0 saturated carbocycles. The number of aliphatic imine (C=N–C) groups is 1. The minimum Gasteiger partial charge on any atom is -0.308 e. The van der Waals surface area contributed by atoms with E-state index in [0.29, 0.717) is 0 Å². The summed E-state index contributed by atoms with van der Waals surface area (Å²) in [6.07, 6.45) is 1.45. The molecule has 0 aliphatic carbocycles. The lowest BCUT2D eigenvalue weighted by atomic mass is 11.1. The number of nitrogens with zero attached hydrogens (tertiary/aromatic N) is 2. The lowest BCUT2D eigenvalue weighted by Crippen LogP contribution is -2.40. The molecule has 0 unspecified atom stereocenters. The van der Waals surface area contributed by atoms with Gasteiger partial charge in [-0.15, -0.1) is 0 Å². The average molecular weight is 163 g/mol. The van der Waals surface area contributed by atoms with E-state index in [1.807, 2.05) is 0 Å². The molecule has 0 atom stereocenters. The average Bonchev–Trinajstić information content (AvgIpc) is 2.36. The number of hydrogen-bond acceptors (Lipinski definition) is 3. The molecule has 0 amide bonds. The topological polar surface area (TPSA) is 80.2 Å². The highest BCUT2D eigenvalue weighted by Crippen LogP contribution is 2.24. The van der Waals surface area contributed by atoms with E-state index in [9.17, 15) is 0 Å². The van der Waals surface area contributed by atoms with Gasteiger partial charge >= 0.3 is 0 Å². The SMILES string of the molecule is COS1(N)(=NO)C=CN=C1. The third-order valence-electron chi connectivity index (χ3n) is 1.23. The Bertz CT molecular complexity index is 252. The molecule has 10 heavy (non-hydrogen) atoms. The van der Waals surface area contributed by atoms with Crippen molar-refractivity contribution in [2.24, 2.45) is 14.7 Å². The highest BCUT2D eigenvalue weighted by atomic mass is 32.3. The summed E-state index contributed by atoms with van der Waals surface area (Å²) < 4.78 is 7.87. The van der Waals surface area contributed by atoms with Crippen LogP contribution in [0.5, 0.6) is 0 Å². The van der Waals surface area contributed by atoms with Crippen LogP contribution in [0.2, 0.25) is 0 Å². The second-order valence-corrected chi connectivity index (χ2v) is 5.03. The molecule has 0 bridgehead atoms. The molecule has 58 valence electrons. The Morgan fingerprint density at radius 1 is 1.80 bits per heavy atom. The van der Waals surface area contributed by atoms with Crippen molar-refractivity contribution >= 4 is 15.0 Å². The van der Waals surface area contributed by atoms with E-state index in [-0.39, 0.29) is 0 Å². The second-order valence-electron chi connectivity index (χ2n) is 1.88. The molecule has 1 aliphatic rings. The van der Waals surface area contributed by atoms with Crippen molar-refractivity contribution in [2.45, 2.75) is 0 Å². The summed E-state index contributed by atoms with van der Waals surface area (Å²) in [5.41, 5.74) is 1.32. The highest BCUT2D eigenvalue weighted by molar-refractivity contribution is 8.29. The van der Waals surface area contributed by atoms with Crippen molar-refractivity contribution < 1.29 is 9.39 Å². The standard InChI is InChI=1S/C4H9N3O2S/c1-9-10(5,7-8)3-2-6-4-10/h2-4,8H,1H3,(H2,5,7).